The Morgan fingerprint density at radius 1 is 1.32 bits per heavy atom. The zero-order chi connectivity index (χ0) is 13.5. The molecule has 0 aliphatic rings. The molecule has 0 spiro atoms. The van der Waals surface area contributed by atoms with Crippen LogP contribution in [0.4, 0.5) is 0 Å². The topological polar surface area (TPSA) is 36.4 Å². The molecule has 2 aromatic rings. The van der Waals surface area contributed by atoms with E-state index >= 15 is 0 Å². The van der Waals surface area contributed by atoms with Crippen molar-refractivity contribution in [1.29, 1.82) is 0 Å². The van der Waals surface area contributed by atoms with Crippen LogP contribution in [0.2, 0.25) is 0 Å². The van der Waals surface area contributed by atoms with Gasteiger partial charge in [0, 0.05) is 41.3 Å². The monoisotopic (exact) mass is 272 g/mol. The molecule has 0 fully saturated rings. The van der Waals surface area contributed by atoms with Crippen molar-refractivity contribution in [2.75, 3.05) is 13.7 Å². The summed E-state index contributed by atoms with van der Waals surface area (Å²) >= 11 is 1.70. The van der Waals surface area contributed by atoms with E-state index in [0.717, 1.165) is 18.7 Å². The zero-order valence-electron chi connectivity index (χ0n) is 10.8. The molecular weight excluding hydrogens is 256 g/mol. The fraction of sp³-hybridized carbons (Fsp3) is 0.267. The van der Waals surface area contributed by atoms with Crippen LogP contribution in [0.1, 0.15) is 16.0 Å². The summed E-state index contributed by atoms with van der Waals surface area (Å²) in [5.74, 6) is 5.58. The van der Waals surface area contributed by atoms with Crippen LogP contribution < -0.4 is 0 Å². The lowest BCUT2D eigenvalue weighted by Gasteiger charge is -2.15. The molecule has 0 atom stereocenters. The van der Waals surface area contributed by atoms with Gasteiger partial charge in [-0.25, -0.2) is 0 Å². The van der Waals surface area contributed by atoms with Gasteiger partial charge in [-0.05, 0) is 30.8 Å². The molecule has 0 unspecified atom stereocenters. The van der Waals surface area contributed by atoms with Gasteiger partial charge >= 0.3 is 0 Å². The number of aliphatic hydroxyl groups excluding tert-OH is 1. The number of aliphatic hydroxyl groups is 1. The third kappa shape index (κ3) is 4.49. The van der Waals surface area contributed by atoms with E-state index in [2.05, 4.69) is 34.8 Å². The molecule has 0 aromatic carbocycles. The predicted molar refractivity (Wildman–Crippen MR) is 77.7 cm³/mol. The summed E-state index contributed by atoms with van der Waals surface area (Å²) in [6, 6.07) is 6.14. The molecule has 0 amide bonds. The number of thiophene rings is 1. The highest BCUT2D eigenvalue weighted by Gasteiger charge is 2.04. The predicted octanol–water partition coefficient (Wildman–Crippen LogP) is 2.12. The average molecular weight is 272 g/mol. The summed E-state index contributed by atoms with van der Waals surface area (Å²) in [5.41, 5.74) is 2.24. The number of aromatic nitrogens is 1. The van der Waals surface area contributed by atoms with Crippen molar-refractivity contribution in [1.82, 2.24) is 9.88 Å². The minimum absolute atomic E-state index is 0.0902. The molecule has 2 heterocycles. The van der Waals surface area contributed by atoms with E-state index in [1.54, 1.807) is 11.3 Å². The molecule has 0 saturated heterocycles. The van der Waals surface area contributed by atoms with E-state index in [1.807, 2.05) is 29.9 Å². The van der Waals surface area contributed by atoms with Crippen LogP contribution in [0.25, 0.3) is 0 Å². The van der Waals surface area contributed by atoms with Crippen LogP contribution in [0.5, 0.6) is 0 Å². The van der Waals surface area contributed by atoms with Crippen LogP contribution in [0, 0.1) is 11.8 Å². The fourth-order valence-corrected chi connectivity index (χ4v) is 2.69. The van der Waals surface area contributed by atoms with Gasteiger partial charge in [-0.3, -0.25) is 9.88 Å². The van der Waals surface area contributed by atoms with Crippen molar-refractivity contribution in [3.63, 3.8) is 0 Å². The Morgan fingerprint density at radius 2 is 2.11 bits per heavy atom. The Bertz CT molecular complexity index is 569. The molecule has 19 heavy (non-hydrogen) atoms. The highest BCUT2D eigenvalue weighted by Crippen LogP contribution is 2.16. The second-order valence-corrected chi connectivity index (χ2v) is 5.29. The Balaban J connectivity index is 1.92. The normalized spacial score (nSPS) is 10.3. The van der Waals surface area contributed by atoms with Crippen LogP contribution in [0.15, 0.2) is 36.0 Å². The standard InChI is InChI=1S/C15H16N2OS/c1-17(10-13-4-6-16-7-5-13)11-15-9-14(12-19-15)3-2-8-18/h4-7,9,12,18H,8,10-11H2,1H3. The van der Waals surface area contributed by atoms with Gasteiger partial charge < -0.3 is 5.11 Å². The fourth-order valence-electron chi connectivity index (χ4n) is 1.79. The maximum atomic E-state index is 8.66. The first-order valence-corrected chi connectivity index (χ1v) is 6.90. The number of rotatable bonds is 4. The minimum Gasteiger partial charge on any atom is -0.384 e. The summed E-state index contributed by atoms with van der Waals surface area (Å²) in [6.45, 7) is 1.71. The second kappa shape index (κ2) is 7.05. The van der Waals surface area contributed by atoms with E-state index in [0.29, 0.717) is 0 Å². The maximum Gasteiger partial charge on any atom is 0.104 e. The van der Waals surface area contributed by atoms with E-state index in [4.69, 9.17) is 5.11 Å². The minimum atomic E-state index is -0.0902. The molecular formula is C15H16N2OS. The average Bonchev–Trinajstić information content (AvgIpc) is 2.85. The van der Waals surface area contributed by atoms with Crippen LogP contribution >= 0.6 is 11.3 Å². The number of hydrogen-bond acceptors (Lipinski definition) is 4. The first-order chi connectivity index (χ1) is 9.28. The maximum absolute atomic E-state index is 8.66. The molecule has 0 radical (unpaired) electrons. The Hall–Kier alpha value is -1.67. The van der Waals surface area contributed by atoms with Crippen molar-refractivity contribution in [3.05, 3.63) is 52.0 Å². The van der Waals surface area contributed by atoms with Crippen molar-refractivity contribution in [2.24, 2.45) is 0 Å². The number of pyridine rings is 1. The second-order valence-electron chi connectivity index (χ2n) is 4.29. The quantitative estimate of drug-likeness (QED) is 0.866. The van der Waals surface area contributed by atoms with Crippen LogP contribution in [0.3, 0.4) is 0 Å². The molecule has 4 heteroatoms. The van der Waals surface area contributed by atoms with Crippen molar-refractivity contribution >= 4 is 11.3 Å². The van der Waals surface area contributed by atoms with E-state index in [9.17, 15) is 0 Å². The molecule has 3 nitrogen and oxygen atoms in total. The Labute approximate surface area is 117 Å². The molecule has 1 N–H and O–H groups in total. The van der Waals surface area contributed by atoms with Gasteiger partial charge in [-0.15, -0.1) is 11.3 Å². The zero-order valence-corrected chi connectivity index (χ0v) is 11.7. The SMILES string of the molecule is CN(Cc1ccncc1)Cc1cc(C#CCO)cs1. The third-order valence-corrected chi connectivity index (χ3v) is 3.51. The summed E-state index contributed by atoms with van der Waals surface area (Å²) in [5, 5.41) is 10.7. The van der Waals surface area contributed by atoms with Crippen molar-refractivity contribution in [2.45, 2.75) is 13.1 Å². The van der Waals surface area contributed by atoms with Crippen LogP contribution in [-0.4, -0.2) is 28.6 Å². The lowest BCUT2D eigenvalue weighted by molar-refractivity contribution is 0.322. The van der Waals surface area contributed by atoms with Crippen molar-refractivity contribution in [3.8, 4) is 11.8 Å². The molecule has 0 aliphatic heterocycles. The molecule has 2 aromatic heterocycles. The van der Waals surface area contributed by atoms with Gasteiger partial charge in [0.2, 0.25) is 0 Å². The van der Waals surface area contributed by atoms with Crippen molar-refractivity contribution < 1.29 is 5.11 Å². The summed E-state index contributed by atoms with van der Waals surface area (Å²) < 4.78 is 0. The summed E-state index contributed by atoms with van der Waals surface area (Å²) in [4.78, 5) is 7.55. The molecule has 0 bridgehead atoms. The lowest BCUT2D eigenvalue weighted by Crippen LogP contribution is -2.16. The van der Waals surface area contributed by atoms with Gasteiger partial charge in [-0.1, -0.05) is 11.8 Å². The summed E-state index contributed by atoms with van der Waals surface area (Å²) in [6.07, 6.45) is 3.63. The van der Waals surface area contributed by atoms with Gasteiger partial charge in [0.1, 0.15) is 6.61 Å². The van der Waals surface area contributed by atoms with E-state index in [1.165, 1.54) is 10.4 Å². The van der Waals surface area contributed by atoms with Gasteiger partial charge in [-0.2, -0.15) is 0 Å². The van der Waals surface area contributed by atoms with Crippen LogP contribution in [-0.2, 0) is 13.1 Å². The molecule has 2 rings (SSSR count). The first-order valence-electron chi connectivity index (χ1n) is 6.02. The van der Waals surface area contributed by atoms with Gasteiger partial charge in [0.25, 0.3) is 0 Å². The van der Waals surface area contributed by atoms with E-state index in [-0.39, 0.29) is 6.61 Å². The number of nitrogens with zero attached hydrogens (tertiary/aromatic N) is 2. The molecule has 0 saturated carbocycles. The van der Waals surface area contributed by atoms with Gasteiger partial charge in [0.15, 0.2) is 0 Å². The lowest BCUT2D eigenvalue weighted by atomic mass is 10.2. The number of hydrogen-bond donors (Lipinski definition) is 1. The van der Waals surface area contributed by atoms with E-state index < -0.39 is 0 Å². The Kier molecular flexibility index (Phi) is 5.10. The molecule has 98 valence electrons. The smallest absolute Gasteiger partial charge is 0.104 e. The third-order valence-electron chi connectivity index (χ3n) is 2.59. The molecule has 0 aliphatic carbocycles. The Morgan fingerprint density at radius 3 is 2.84 bits per heavy atom. The highest BCUT2D eigenvalue weighted by molar-refractivity contribution is 7.10. The first kappa shape index (κ1) is 13.8. The largest absolute Gasteiger partial charge is 0.384 e. The van der Waals surface area contributed by atoms with Gasteiger partial charge in [0.05, 0.1) is 0 Å². The summed E-state index contributed by atoms with van der Waals surface area (Å²) in [7, 11) is 2.10. The highest BCUT2D eigenvalue weighted by atomic mass is 32.1.